The van der Waals surface area contributed by atoms with Crippen LogP contribution in [0.1, 0.15) is 50.9 Å². The Labute approximate surface area is 170 Å². The lowest BCUT2D eigenvalue weighted by molar-refractivity contribution is 0.420. The van der Waals surface area contributed by atoms with E-state index < -0.39 is 0 Å². The molecule has 1 aromatic carbocycles. The predicted molar refractivity (Wildman–Crippen MR) is 116 cm³/mol. The third kappa shape index (κ3) is 3.92. The minimum Gasteiger partial charge on any atom is -0.342 e. The molecule has 1 atom stereocenters. The highest BCUT2D eigenvalue weighted by molar-refractivity contribution is 14.1. The number of aromatic nitrogens is 3. The molecule has 0 aliphatic heterocycles. The van der Waals surface area contributed by atoms with E-state index in [-0.39, 0.29) is 5.41 Å². The molecule has 0 fully saturated rings. The number of H-pyrrole nitrogens is 1. The van der Waals surface area contributed by atoms with Gasteiger partial charge in [0.1, 0.15) is 9.53 Å². The molecule has 0 radical (unpaired) electrons. The summed E-state index contributed by atoms with van der Waals surface area (Å²) in [7, 11) is 0. The molecular weight excluding hydrogens is 524 g/mol. The van der Waals surface area contributed by atoms with Crippen molar-refractivity contribution in [2.45, 2.75) is 44.9 Å². The summed E-state index contributed by atoms with van der Waals surface area (Å²) in [5.74, 6) is 1.57. The molecular formula is C19H21I2N3. The van der Waals surface area contributed by atoms with Crippen molar-refractivity contribution >= 4 is 56.2 Å². The Morgan fingerprint density at radius 3 is 2.67 bits per heavy atom. The lowest BCUT2D eigenvalue weighted by Gasteiger charge is -2.24. The minimum absolute atomic E-state index is 0.0249. The molecule has 0 aliphatic carbocycles. The van der Waals surface area contributed by atoms with Crippen LogP contribution in [0.4, 0.5) is 0 Å². The molecule has 3 rings (SSSR count). The summed E-state index contributed by atoms with van der Waals surface area (Å²) >= 11 is 4.64. The molecule has 1 N–H and O–H groups in total. The normalized spacial score (nSPS) is 13.4. The molecule has 0 bridgehead atoms. The van der Waals surface area contributed by atoms with Crippen LogP contribution in [0.25, 0.3) is 11.0 Å². The largest absolute Gasteiger partial charge is 0.342 e. The standard InChI is InChI=1S/C19H21I2N3/c1-12(13-10-14(20)17(21)22-11-13)8-9-19(2,3)18-23-15-6-4-5-7-16(15)24-18/h4-7,10-12H,8-9H2,1-3H3,(H,23,24). The van der Waals surface area contributed by atoms with Crippen LogP contribution < -0.4 is 0 Å². The van der Waals surface area contributed by atoms with E-state index in [0.717, 1.165) is 33.4 Å². The van der Waals surface area contributed by atoms with Crippen molar-refractivity contribution in [3.8, 4) is 0 Å². The van der Waals surface area contributed by atoms with Gasteiger partial charge in [-0.1, -0.05) is 32.9 Å². The Morgan fingerprint density at radius 1 is 1.21 bits per heavy atom. The molecule has 24 heavy (non-hydrogen) atoms. The Hall–Kier alpha value is -0.700. The predicted octanol–water partition coefficient (Wildman–Crippen LogP) is 6.03. The number of hydrogen-bond donors (Lipinski definition) is 1. The molecule has 0 saturated carbocycles. The van der Waals surface area contributed by atoms with E-state index in [0.29, 0.717) is 5.92 Å². The molecule has 0 spiro atoms. The number of rotatable bonds is 5. The molecule has 2 aromatic heterocycles. The zero-order valence-corrected chi connectivity index (χ0v) is 18.4. The Bertz CT molecular complexity index is 822. The summed E-state index contributed by atoms with van der Waals surface area (Å²) in [5, 5.41) is 0. The first kappa shape index (κ1) is 18.1. The van der Waals surface area contributed by atoms with Gasteiger partial charge in [-0.15, -0.1) is 0 Å². The average Bonchev–Trinajstić information content (AvgIpc) is 3.00. The smallest absolute Gasteiger partial charge is 0.114 e. The highest BCUT2D eigenvalue weighted by Gasteiger charge is 2.25. The maximum Gasteiger partial charge on any atom is 0.114 e. The third-order valence-electron chi connectivity index (χ3n) is 4.62. The van der Waals surface area contributed by atoms with Crippen LogP contribution >= 0.6 is 45.2 Å². The van der Waals surface area contributed by atoms with Gasteiger partial charge in [-0.2, -0.15) is 0 Å². The SMILES string of the molecule is CC(CCC(C)(C)c1nc2ccccc2[nH]1)c1cnc(I)c(I)c1. The summed E-state index contributed by atoms with van der Waals surface area (Å²) < 4.78 is 2.31. The van der Waals surface area contributed by atoms with E-state index in [1.165, 1.54) is 9.13 Å². The second-order valence-electron chi connectivity index (χ2n) is 6.97. The topological polar surface area (TPSA) is 41.6 Å². The number of nitrogens with zero attached hydrogens (tertiary/aromatic N) is 2. The van der Waals surface area contributed by atoms with Crippen LogP contribution in [0, 0.1) is 7.27 Å². The van der Waals surface area contributed by atoms with Crippen LogP contribution in [0.15, 0.2) is 36.5 Å². The van der Waals surface area contributed by atoms with Gasteiger partial charge in [0.05, 0.1) is 11.0 Å². The van der Waals surface area contributed by atoms with Crippen molar-refractivity contribution in [1.29, 1.82) is 0 Å². The summed E-state index contributed by atoms with van der Waals surface area (Å²) in [6.45, 7) is 6.83. The molecule has 1 unspecified atom stereocenters. The van der Waals surface area contributed by atoms with Gasteiger partial charge in [0, 0.05) is 15.2 Å². The molecule has 2 heterocycles. The minimum atomic E-state index is 0.0249. The van der Waals surface area contributed by atoms with Gasteiger partial charge in [-0.3, -0.25) is 0 Å². The number of pyridine rings is 1. The van der Waals surface area contributed by atoms with Gasteiger partial charge in [0.15, 0.2) is 0 Å². The van der Waals surface area contributed by atoms with Crippen LogP contribution in [0.5, 0.6) is 0 Å². The molecule has 0 aliphatic rings. The molecule has 3 nitrogen and oxygen atoms in total. The summed E-state index contributed by atoms with van der Waals surface area (Å²) in [4.78, 5) is 12.8. The fraction of sp³-hybridized carbons (Fsp3) is 0.368. The van der Waals surface area contributed by atoms with Crippen molar-refractivity contribution in [1.82, 2.24) is 15.0 Å². The van der Waals surface area contributed by atoms with Crippen LogP contribution in [0.3, 0.4) is 0 Å². The maximum absolute atomic E-state index is 4.79. The van der Waals surface area contributed by atoms with Crippen molar-refractivity contribution in [3.63, 3.8) is 0 Å². The summed E-state index contributed by atoms with van der Waals surface area (Å²) in [5.41, 5.74) is 3.51. The quantitative estimate of drug-likeness (QED) is 0.315. The second kappa shape index (κ2) is 7.27. The first-order chi connectivity index (χ1) is 11.4. The maximum atomic E-state index is 4.79. The van der Waals surface area contributed by atoms with Crippen LogP contribution in [0.2, 0.25) is 0 Å². The zero-order chi connectivity index (χ0) is 17.3. The Kier molecular flexibility index (Phi) is 5.48. The highest BCUT2D eigenvalue weighted by Crippen LogP contribution is 2.32. The third-order valence-corrected chi connectivity index (χ3v) is 7.33. The van der Waals surface area contributed by atoms with Gasteiger partial charge in [0.2, 0.25) is 0 Å². The number of hydrogen-bond acceptors (Lipinski definition) is 2. The lowest BCUT2D eigenvalue weighted by Crippen LogP contribution is -2.20. The van der Waals surface area contributed by atoms with Gasteiger partial charge < -0.3 is 4.98 Å². The molecule has 0 amide bonds. The summed E-state index contributed by atoms with van der Waals surface area (Å²) in [6, 6.07) is 10.5. The van der Waals surface area contributed by atoms with E-state index >= 15 is 0 Å². The fourth-order valence-electron chi connectivity index (χ4n) is 2.84. The highest BCUT2D eigenvalue weighted by atomic mass is 127. The van der Waals surface area contributed by atoms with Gasteiger partial charge >= 0.3 is 0 Å². The first-order valence-corrected chi connectivity index (χ1v) is 10.3. The van der Waals surface area contributed by atoms with Crippen LogP contribution in [-0.4, -0.2) is 15.0 Å². The molecule has 5 heteroatoms. The van der Waals surface area contributed by atoms with Gasteiger partial charge in [-0.25, -0.2) is 9.97 Å². The van der Waals surface area contributed by atoms with E-state index in [2.05, 4.69) is 94.1 Å². The number of benzene rings is 1. The number of aromatic amines is 1. The Balaban J connectivity index is 1.73. The number of para-hydroxylation sites is 2. The lowest BCUT2D eigenvalue weighted by atomic mass is 9.83. The fourth-order valence-corrected chi connectivity index (χ4v) is 3.64. The van der Waals surface area contributed by atoms with E-state index in [1.54, 1.807) is 0 Å². The second-order valence-corrected chi connectivity index (χ2v) is 9.15. The number of fused-ring (bicyclic) bond motifs is 1. The van der Waals surface area contributed by atoms with E-state index in [1.807, 2.05) is 18.3 Å². The van der Waals surface area contributed by atoms with Crippen molar-refractivity contribution in [2.75, 3.05) is 0 Å². The van der Waals surface area contributed by atoms with Crippen molar-refractivity contribution in [2.24, 2.45) is 0 Å². The number of nitrogens with one attached hydrogen (secondary N) is 1. The molecule has 0 saturated heterocycles. The van der Waals surface area contributed by atoms with E-state index in [9.17, 15) is 0 Å². The van der Waals surface area contributed by atoms with Crippen LogP contribution in [-0.2, 0) is 5.41 Å². The zero-order valence-electron chi connectivity index (χ0n) is 14.1. The van der Waals surface area contributed by atoms with Crippen molar-refractivity contribution in [3.05, 3.63) is 55.2 Å². The van der Waals surface area contributed by atoms with Crippen molar-refractivity contribution < 1.29 is 0 Å². The van der Waals surface area contributed by atoms with E-state index in [4.69, 9.17) is 4.98 Å². The summed E-state index contributed by atoms with van der Waals surface area (Å²) in [6.07, 6.45) is 4.21. The molecule has 126 valence electrons. The average molecular weight is 545 g/mol. The van der Waals surface area contributed by atoms with Gasteiger partial charge in [0.25, 0.3) is 0 Å². The monoisotopic (exact) mass is 545 g/mol. The number of imidazole rings is 1. The first-order valence-electron chi connectivity index (χ1n) is 8.13. The number of halogens is 2. The Morgan fingerprint density at radius 2 is 1.96 bits per heavy atom. The molecule has 3 aromatic rings. The van der Waals surface area contributed by atoms with Gasteiger partial charge in [-0.05, 0) is 87.7 Å².